The van der Waals surface area contributed by atoms with Gasteiger partial charge in [-0.2, -0.15) is 0 Å². The van der Waals surface area contributed by atoms with E-state index in [1.54, 1.807) is 11.1 Å². The minimum atomic E-state index is -0.00527. The Kier molecular flexibility index (Phi) is 16.0. The Morgan fingerprint density at radius 3 is 1.76 bits per heavy atom. The fourth-order valence-electron chi connectivity index (χ4n) is 6.03. The summed E-state index contributed by atoms with van der Waals surface area (Å²) in [5.74, 6) is 0.617. The van der Waals surface area contributed by atoms with Gasteiger partial charge in [0.15, 0.2) is 0 Å². The van der Waals surface area contributed by atoms with Gasteiger partial charge in [-0.25, -0.2) is 0 Å². The van der Waals surface area contributed by atoms with Crippen LogP contribution in [-0.4, -0.2) is 55.7 Å². The molecule has 2 atom stereocenters. The van der Waals surface area contributed by atoms with Crippen LogP contribution in [0.3, 0.4) is 0 Å². The number of fused-ring (bicyclic) bond motifs is 1. The minimum absolute atomic E-state index is 0.00527. The fraction of sp³-hybridized carbons (Fsp3) is 0.526. The zero-order valence-corrected chi connectivity index (χ0v) is 27.4. The molecule has 2 aliphatic rings. The molecule has 5 rings (SSSR count). The van der Waals surface area contributed by atoms with Crippen LogP contribution in [0.15, 0.2) is 84.9 Å². The van der Waals surface area contributed by atoms with Crippen molar-refractivity contribution in [2.75, 3.05) is 45.9 Å². The fourth-order valence-corrected chi connectivity index (χ4v) is 6.03. The summed E-state index contributed by atoms with van der Waals surface area (Å²) in [5, 5.41) is 0. The Balaban J connectivity index is 0.000000921. The van der Waals surface area contributed by atoms with Crippen molar-refractivity contribution >= 4 is 0 Å². The number of nitrogens with zero attached hydrogens (tertiary/aromatic N) is 2. The predicted octanol–water partition coefficient (Wildman–Crippen LogP) is 9.25. The highest BCUT2D eigenvalue weighted by Gasteiger charge is 2.38. The molecule has 1 saturated heterocycles. The zero-order valence-electron chi connectivity index (χ0n) is 27.4. The van der Waals surface area contributed by atoms with Gasteiger partial charge >= 0.3 is 0 Å². The van der Waals surface area contributed by atoms with Crippen molar-refractivity contribution in [2.24, 2.45) is 5.41 Å². The Bertz CT molecular complexity index is 1020. The highest BCUT2D eigenvalue weighted by molar-refractivity contribution is 5.34. The maximum Gasteiger partial charge on any atom is 0.108 e. The van der Waals surface area contributed by atoms with Crippen LogP contribution in [0.5, 0.6) is 0 Å². The molecule has 0 N–H and O–H groups in total. The summed E-state index contributed by atoms with van der Waals surface area (Å²) in [6, 6.07) is 30.3. The third-order valence-electron chi connectivity index (χ3n) is 8.48. The Morgan fingerprint density at radius 1 is 0.707 bits per heavy atom. The number of ether oxygens (including phenoxy) is 1. The molecule has 3 aromatic carbocycles. The molecule has 226 valence electrons. The van der Waals surface area contributed by atoms with Crippen molar-refractivity contribution in [3.8, 4) is 0 Å². The van der Waals surface area contributed by atoms with Gasteiger partial charge in [0.05, 0.1) is 6.61 Å². The molecule has 0 spiro atoms. The van der Waals surface area contributed by atoms with Crippen LogP contribution >= 0.6 is 0 Å². The van der Waals surface area contributed by atoms with Crippen molar-refractivity contribution in [1.82, 2.24) is 9.80 Å². The third-order valence-corrected chi connectivity index (χ3v) is 8.48. The molecule has 1 aliphatic carbocycles. The van der Waals surface area contributed by atoms with Crippen molar-refractivity contribution in [1.29, 1.82) is 0 Å². The average Bonchev–Trinajstić information content (AvgIpc) is 3.06. The van der Waals surface area contributed by atoms with Crippen LogP contribution < -0.4 is 0 Å². The van der Waals surface area contributed by atoms with Gasteiger partial charge in [-0.15, -0.1) is 0 Å². The van der Waals surface area contributed by atoms with E-state index in [1.165, 1.54) is 30.5 Å². The van der Waals surface area contributed by atoms with Crippen LogP contribution in [0, 0.1) is 5.41 Å². The van der Waals surface area contributed by atoms with Crippen molar-refractivity contribution in [3.63, 3.8) is 0 Å². The summed E-state index contributed by atoms with van der Waals surface area (Å²) >= 11 is 0. The highest BCUT2D eigenvalue weighted by atomic mass is 16.5. The molecule has 2 unspecified atom stereocenters. The molecule has 1 aliphatic heterocycles. The first-order valence-electron chi connectivity index (χ1n) is 16.4. The smallest absolute Gasteiger partial charge is 0.108 e. The normalized spacial score (nSPS) is 20.4. The van der Waals surface area contributed by atoms with Gasteiger partial charge in [-0.3, -0.25) is 4.90 Å². The van der Waals surface area contributed by atoms with Crippen molar-refractivity contribution < 1.29 is 4.74 Å². The lowest BCUT2D eigenvalue weighted by molar-refractivity contribution is 0.0339. The second-order valence-corrected chi connectivity index (χ2v) is 10.8. The first kappa shape index (κ1) is 34.7. The van der Waals surface area contributed by atoms with E-state index < -0.39 is 0 Å². The van der Waals surface area contributed by atoms with Gasteiger partial charge < -0.3 is 9.64 Å². The van der Waals surface area contributed by atoms with E-state index in [9.17, 15) is 0 Å². The summed E-state index contributed by atoms with van der Waals surface area (Å²) in [5.41, 5.74) is 5.94. The molecule has 3 nitrogen and oxygen atoms in total. The monoisotopic (exact) mass is 558 g/mol. The third kappa shape index (κ3) is 9.81. The number of benzene rings is 3. The van der Waals surface area contributed by atoms with Crippen molar-refractivity contribution in [2.45, 2.75) is 80.3 Å². The van der Waals surface area contributed by atoms with Gasteiger partial charge in [-0.1, -0.05) is 140 Å². The maximum atomic E-state index is 6.47. The summed E-state index contributed by atoms with van der Waals surface area (Å²) in [7, 11) is 0. The summed E-state index contributed by atoms with van der Waals surface area (Å²) in [6.07, 6.45) is 2.51. The molecular weight excluding hydrogens is 500 g/mol. The molecule has 0 bridgehead atoms. The van der Waals surface area contributed by atoms with Crippen molar-refractivity contribution in [3.05, 3.63) is 107 Å². The molecular formula is C38H58N2O. The zero-order chi connectivity index (χ0) is 30.1. The second kappa shape index (κ2) is 18.9. The van der Waals surface area contributed by atoms with E-state index in [-0.39, 0.29) is 6.10 Å². The molecule has 0 saturated carbocycles. The van der Waals surface area contributed by atoms with Gasteiger partial charge in [0, 0.05) is 39.3 Å². The van der Waals surface area contributed by atoms with Gasteiger partial charge in [0.2, 0.25) is 0 Å². The highest BCUT2D eigenvalue weighted by Crippen LogP contribution is 2.45. The molecule has 1 fully saturated rings. The molecule has 3 aromatic rings. The molecule has 0 aromatic heterocycles. The molecule has 1 heterocycles. The van der Waals surface area contributed by atoms with Crippen LogP contribution in [0.2, 0.25) is 0 Å². The largest absolute Gasteiger partial charge is 0.367 e. The van der Waals surface area contributed by atoms with E-state index in [0.29, 0.717) is 11.3 Å². The van der Waals surface area contributed by atoms with Crippen LogP contribution in [0.1, 0.15) is 96.1 Å². The molecule has 41 heavy (non-hydrogen) atoms. The summed E-state index contributed by atoms with van der Waals surface area (Å²) in [6.45, 7) is 24.5. The van der Waals surface area contributed by atoms with E-state index >= 15 is 0 Å². The van der Waals surface area contributed by atoms with E-state index in [0.717, 1.165) is 39.3 Å². The Hall–Kier alpha value is -2.46. The number of rotatable bonds is 8. The van der Waals surface area contributed by atoms with E-state index in [2.05, 4.69) is 109 Å². The summed E-state index contributed by atoms with van der Waals surface area (Å²) < 4.78 is 6.47. The van der Waals surface area contributed by atoms with E-state index in [1.807, 2.05) is 41.5 Å². The first-order valence-corrected chi connectivity index (χ1v) is 16.4. The topological polar surface area (TPSA) is 15.7 Å². The minimum Gasteiger partial charge on any atom is -0.367 e. The number of hydrogen-bond acceptors (Lipinski definition) is 3. The average molecular weight is 559 g/mol. The summed E-state index contributed by atoms with van der Waals surface area (Å²) in [4.78, 5) is 5.28. The molecule has 0 amide bonds. The molecule has 0 radical (unpaired) electrons. The quantitative estimate of drug-likeness (QED) is 0.274. The molecule has 3 heteroatoms. The van der Waals surface area contributed by atoms with Crippen LogP contribution in [0.4, 0.5) is 0 Å². The predicted molar refractivity (Wildman–Crippen MR) is 179 cm³/mol. The van der Waals surface area contributed by atoms with Crippen LogP contribution in [-0.2, 0) is 11.2 Å². The van der Waals surface area contributed by atoms with Gasteiger partial charge in [-0.05, 0) is 46.4 Å². The number of aryl methyl sites for hydroxylation is 1. The Morgan fingerprint density at radius 2 is 1.20 bits per heavy atom. The number of hydrogen-bond donors (Lipinski definition) is 0. The lowest BCUT2D eigenvalue weighted by Crippen LogP contribution is -2.51. The van der Waals surface area contributed by atoms with Gasteiger partial charge in [0.25, 0.3) is 0 Å². The van der Waals surface area contributed by atoms with Crippen LogP contribution in [0.25, 0.3) is 0 Å². The SMILES string of the molecule is CC.CC.CC.CC1c2ccccc2CCC1(C)CN1CCN(CCOC(c2ccccc2)c2ccccc2)CC1. The lowest BCUT2D eigenvalue weighted by Gasteiger charge is -2.46. The van der Waals surface area contributed by atoms with E-state index in [4.69, 9.17) is 4.74 Å². The lowest BCUT2D eigenvalue weighted by atomic mass is 9.65. The van der Waals surface area contributed by atoms with Gasteiger partial charge in [0.1, 0.15) is 6.10 Å². The maximum absolute atomic E-state index is 6.47. The first-order chi connectivity index (χ1) is 20.1. The number of piperazine rings is 1. The Labute approximate surface area is 252 Å². The standard InChI is InChI=1S/C32H40N2O.3C2H6/c1-26-30-16-10-9-11-27(30)17-18-32(26,2)25-34-21-19-33(20-22-34)23-24-35-31(28-12-5-3-6-13-28)29-14-7-4-8-15-29;3*1-2/h3-16,26,31H,17-25H2,1-2H3;3*1-2H3. The second-order valence-electron chi connectivity index (χ2n) is 10.8.